The molecule has 0 spiro atoms. The number of nitrogens with two attached hydrogens (primary N) is 1. The van der Waals surface area contributed by atoms with Crippen LogP contribution in [-0.4, -0.2) is 39.4 Å². The lowest BCUT2D eigenvalue weighted by atomic mass is 10.1. The van der Waals surface area contributed by atoms with Crippen molar-refractivity contribution in [1.82, 2.24) is 14.9 Å². The van der Waals surface area contributed by atoms with E-state index in [4.69, 9.17) is 15.3 Å². The first-order valence-corrected chi connectivity index (χ1v) is 10.4. The van der Waals surface area contributed by atoms with Crippen LogP contribution in [0.3, 0.4) is 0 Å². The number of nitrogens with zero attached hydrogens (tertiary/aromatic N) is 3. The van der Waals surface area contributed by atoms with Crippen LogP contribution in [0.4, 0.5) is 5.69 Å². The van der Waals surface area contributed by atoms with Gasteiger partial charge in [-0.25, -0.2) is 4.68 Å². The zero-order chi connectivity index (χ0) is 22.2. The van der Waals surface area contributed by atoms with Crippen molar-refractivity contribution in [3.05, 3.63) is 59.9 Å². The van der Waals surface area contributed by atoms with Gasteiger partial charge in [0.25, 0.3) is 0 Å². The molecule has 3 rings (SSSR count). The third kappa shape index (κ3) is 6.22. The van der Waals surface area contributed by atoms with Crippen molar-refractivity contribution in [1.29, 1.82) is 0 Å². The second-order valence-electron chi connectivity index (χ2n) is 6.52. The fourth-order valence-electron chi connectivity index (χ4n) is 2.59. The van der Waals surface area contributed by atoms with Gasteiger partial charge in [0.1, 0.15) is 18.1 Å². The number of nitrogen functional groups attached to an aromatic ring is 1. The lowest BCUT2D eigenvalue weighted by Gasteiger charge is -2.08. The number of ketones is 1. The van der Waals surface area contributed by atoms with Gasteiger partial charge in [0.2, 0.25) is 11.1 Å². The number of nitrogens with one attached hydrogen (secondary N) is 1. The summed E-state index contributed by atoms with van der Waals surface area (Å²) in [7, 11) is 1.59. The quantitative estimate of drug-likeness (QED) is 0.280. The number of Topliss-reactive ketones (excluding diaryl/α,β-unsaturated/α-hetero) is 1. The molecule has 0 fully saturated rings. The number of hydrogen-bond acceptors (Lipinski definition) is 8. The number of benzene rings is 2. The molecule has 0 bridgehead atoms. The Morgan fingerprint density at radius 1 is 1.13 bits per heavy atom. The van der Waals surface area contributed by atoms with Crippen LogP contribution in [0.1, 0.15) is 29.5 Å². The van der Waals surface area contributed by atoms with Crippen LogP contribution in [0.2, 0.25) is 0 Å². The van der Waals surface area contributed by atoms with Crippen molar-refractivity contribution in [3.63, 3.8) is 0 Å². The van der Waals surface area contributed by atoms with E-state index >= 15 is 0 Å². The minimum absolute atomic E-state index is 0.0200. The highest BCUT2D eigenvalue weighted by atomic mass is 32.2. The Kier molecular flexibility index (Phi) is 7.50. The fourth-order valence-corrected chi connectivity index (χ4v) is 3.40. The van der Waals surface area contributed by atoms with Gasteiger partial charge in [-0.05, 0) is 43.3 Å². The largest absolute Gasteiger partial charge is 0.497 e. The summed E-state index contributed by atoms with van der Waals surface area (Å²) in [5, 5.41) is 11.4. The highest BCUT2D eigenvalue weighted by Gasteiger charge is 2.12. The smallest absolute Gasteiger partial charge is 0.225 e. The fraction of sp³-hybridized carbons (Fsp3) is 0.238. The van der Waals surface area contributed by atoms with Crippen molar-refractivity contribution in [2.75, 3.05) is 24.0 Å². The highest BCUT2D eigenvalue weighted by molar-refractivity contribution is 7.99. The zero-order valence-electron chi connectivity index (χ0n) is 17.2. The van der Waals surface area contributed by atoms with Gasteiger partial charge < -0.3 is 20.6 Å². The topological polar surface area (TPSA) is 121 Å². The van der Waals surface area contributed by atoms with Gasteiger partial charge in [0.15, 0.2) is 11.6 Å². The average molecular weight is 442 g/mol. The van der Waals surface area contributed by atoms with Gasteiger partial charge in [-0.2, -0.15) is 0 Å². The molecule has 0 saturated heterocycles. The number of amides is 1. The minimum atomic E-state index is -0.146. The first-order valence-electron chi connectivity index (χ1n) is 9.46. The Hall–Kier alpha value is -3.53. The summed E-state index contributed by atoms with van der Waals surface area (Å²) in [5.74, 6) is 8.13. The first-order chi connectivity index (χ1) is 15.0. The molecule has 0 atom stereocenters. The average Bonchev–Trinajstić information content (AvgIpc) is 3.12. The van der Waals surface area contributed by atoms with Crippen LogP contribution in [0.25, 0.3) is 0 Å². The molecule has 0 radical (unpaired) electrons. The third-order valence-electron chi connectivity index (χ3n) is 4.28. The molecule has 162 valence electrons. The molecule has 0 aliphatic rings. The summed E-state index contributed by atoms with van der Waals surface area (Å²) in [6.45, 7) is 1.64. The number of ether oxygens (including phenoxy) is 2. The maximum Gasteiger partial charge on any atom is 0.225 e. The van der Waals surface area contributed by atoms with Gasteiger partial charge in [-0.1, -0.05) is 17.8 Å². The van der Waals surface area contributed by atoms with Gasteiger partial charge in [-0.15, -0.1) is 10.2 Å². The summed E-state index contributed by atoms with van der Waals surface area (Å²) >= 11 is 1.32. The SMILES string of the molecule is COc1cccc(OCc2nnc(SCCC(=O)Nc3ccc(C(C)=O)cc3)n2N)c1. The standard InChI is InChI=1S/C21H23N5O4S/c1-14(27)15-6-8-16(9-7-15)23-20(28)10-11-31-21-25-24-19(26(21)22)13-30-18-5-3-4-17(12-18)29-2/h3-9,12H,10-11,13,22H2,1-2H3,(H,23,28). The molecule has 0 unspecified atom stereocenters. The predicted molar refractivity (Wildman–Crippen MR) is 118 cm³/mol. The van der Waals surface area contributed by atoms with E-state index in [1.54, 1.807) is 37.4 Å². The molecule has 1 amide bonds. The van der Waals surface area contributed by atoms with Crippen molar-refractivity contribution in [2.24, 2.45) is 0 Å². The maximum atomic E-state index is 12.1. The Bertz CT molecular complexity index is 1050. The lowest BCUT2D eigenvalue weighted by Crippen LogP contribution is -2.16. The van der Waals surface area contributed by atoms with E-state index in [2.05, 4.69) is 15.5 Å². The number of thioether (sulfide) groups is 1. The normalized spacial score (nSPS) is 10.5. The maximum absolute atomic E-state index is 12.1. The summed E-state index contributed by atoms with van der Waals surface area (Å²) in [4.78, 5) is 23.4. The lowest BCUT2D eigenvalue weighted by molar-refractivity contribution is -0.115. The highest BCUT2D eigenvalue weighted by Crippen LogP contribution is 2.21. The molecule has 1 heterocycles. The number of methoxy groups -OCH3 is 1. The molecule has 1 aromatic heterocycles. The van der Waals surface area contributed by atoms with Crippen molar-refractivity contribution >= 4 is 29.1 Å². The number of hydrogen-bond donors (Lipinski definition) is 2. The summed E-state index contributed by atoms with van der Waals surface area (Å²) in [6.07, 6.45) is 0.266. The van der Waals surface area contributed by atoms with Crippen molar-refractivity contribution in [2.45, 2.75) is 25.1 Å². The number of carbonyl (C=O) groups is 2. The van der Waals surface area contributed by atoms with E-state index in [9.17, 15) is 9.59 Å². The van der Waals surface area contributed by atoms with Crippen LogP contribution >= 0.6 is 11.8 Å². The molecule has 3 aromatic rings. The van der Waals surface area contributed by atoms with E-state index in [1.807, 2.05) is 18.2 Å². The van der Waals surface area contributed by atoms with Crippen LogP contribution < -0.4 is 20.6 Å². The molecule has 0 saturated carbocycles. The van der Waals surface area contributed by atoms with Gasteiger partial charge in [-0.3, -0.25) is 9.59 Å². The molecule has 10 heteroatoms. The van der Waals surface area contributed by atoms with Crippen LogP contribution in [0.15, 0.2) is 53.7 Å². The van der Waals surface area contributed by atoms with Gasteiger partial charge >= 0.3 is 0 Å². The van der Waals surface area contributed by atoms with E-state index < -0.39 is 0 Å². The Balaban J connectivity index is 1.46. The van der Waals surface area contributed by atoms with Crippen LogP contribution in [-0.2, 0) is 11.4 Å². The summed E-state index contributed by atoms with van der Waals surface area (Å²) in [6, 6.07) is 14.0. The van der Waals surface area contributed by atoms with Crippen LogP contribution in [0, 0.1) is 0 Å². The van der Waals surface area contributed by atoms with Gasteiger partial charge in [0, 0.05) is 29.5 Å². The van der Waals surface area contributed by atoms with Crippen LogP contribution in [0.5, 0.6) is 11.5 Å². The molecule has 0 aliphatic carbocycles. The number of aromatic nitrogens is 3. The zero-order valence-corrected chi connectivity index (χ0v) is 18.0. The van der Waals surface area contributed by atoms with E-state index in [0.29, 0.717) is 39.5 Å². The van der Waals surface area contributed by atoms with E-state index in [0.717, 1.165) is 0 Å². The first kappa shape index (κ1) is 22.2. The molecule has 3 N–H and O–H groups in total. The molecule has 9 nitrogen and oxygen atoms in total. The third-order valence-corrected chi connectivity index (χ3v) is 5.22. The Labute approximate surface area is 183 Å². The summed E-state index contributed by atoms with van der Waals surface area (Å²) in [5.41, 5.74) is 1.24. The summed E-state index contributed by atoms with van der Waals surface area (Å²) < 4.78 is 12.2. The number of anilines is 1. The van der Waals surface area contributed by atoms with Crippen molar-refractivity contribution in [3.8, 4) is 11.5 Å². The number of carbonyl (C=O) groups excluding carboxylic acids is 2. The molecule has 2 aromatic carbocycles. The molecule has 31 heavy (non-hydrogen) atoms. The van der Waals surface area contributed by atoms with Crippen molar-refractivity contribution < 1.29 is 19.1 Å². The molecular formula is C21H23N5O4S. The minimum Gasteiger partial charge on any atom is -0.497 e. The van der Waals surface area contributed by atoms with Gasteiger partial charge in [0.05, 0.1) is 7.11 Å². The van der Waals surface area contributed by atoms with E-state index in [-0.39, 0.29) is 24.7 Å². The van der Waals surface area contributed by atoms with E-state index in [1.165, 1.54) is 23.4 Å². The molecular weight excluding hydrogens is 418 g/mol. The Morgan fingerprint density at radius 2 is 1.87 bits per heavy atom. The number of rotatable bonds is 10. The monoisotopic (exact) mass is 441 g/mol. The second kappa shape index (κ2) is 10.5. The molecule has 0 aliphatic heterocycles. The second-order valence-corrected chi connectivity index (χ2v) is 7.58. The Morgan fingerprint density at radius 3 is 2.58 bits per heavy atom. The predicted octanol–water partition coefficient (Wildman–Crippen LogP) is 2.90.